The highest BCUT2D eigenvalue weighted by atomic mass is 79.9. The van der Waals surface area contributed by atoms with E-state index in [-0.39, 0.29) is 6.04 Å². The molecule has 0 aliphatic rings. The summed E-state index contributed by atoms with van der Waals surface area (Å²) in [5, 5.41) is 8.53. The standard InChI is InChI=1S/C14H17BrClN3/c1-3-7-17-14(13-6-8-18-19(13)2)11-5-4-10(15)9-12(11)16/h4-6,8-9,14,17H,3,7H2,1-2H3. The van der Waals surface area contributed by atoms with Gasteiger partial charge in [0, 0.05) is 22.7 Å². The van der Waals surface area contributed by atoms with Crippen LogP contribution >= 0.6 is 27.5 Å². The maximum absolute atomic E-state index is 6.37. The second-order valence-corrected chi connectivity index (χ2v) is 5.76. The Hall–Kier alpha value is -0.840. The van der Waals surface area contributed by atoms with Gasteiger partial charge in [-0.05, 0) is 36.7 Å². The third kappa shape index (κ3) is 3.38. The zero-order valence-corrected chi connectivity index (χ0v) is 13.4. The largest absolute Gasteiger partial charge is 0.305 e. The molecule has 2 aromatic rings. The molecule has 102 valence electrons. The molecule has 0 aliphatic heterocycles. The molecule has 0 fully saturated rings. The molecular formula is C14H17BrClN3. The number of aryl methyl sites for hydroxylation is 1. The van der Waals surface area contributed by atoms with Crippen molar-refractivity contribution in [3.05, 3.63) is 51.2 Å². The van der Waals surface area contributed by atoms with Gasteiger partial charge in [-0.25, -0.2) is 0 Å². The number of rotatable bonds is 5. The lowest BCUT2D eigenvalue weighted by molar-refractivity contribution is 0.554. The van der Waals surface area contributed by atoms with Gasteiger partial charge in [-0.1, -0.05) is 40.5 Å². The van der Waals surface area contributed by atoms with E-state index in [0.717, 1.165) is 33.7 Å². The normalized spacial score (nSPS) is 12.6. The number of hydrogen-bond acceptors (Lipinski definition) is 2. The third-order valence-electron chi connectivity index (χ3n) is 3.03. The average Bonchev–Trinajstić information content (AvgIpc) is 2.78. The molecule has 1 unspecified atom stereocenters. The Bertz CT molecular complexity index is 553. The van der Waals surface area contributed by atoms with Crippen molar-refractivity contribution >= 4 is 27.5 Å². The highest BCUT2D eigenvalue weighted by Crippen LogP contribution is 2.30. The molecule has 0 amide bonds. The van der Waals surface area contributed by atoms with Crippen molar-refractivity contribution in [1.29, 1.82) is 0 Å². The van der Waals surface area contributed by atoms with Crippen molar-refractivity contribution in [2.24, 2.45) is 7.05 Å². The zero-order chi connectivity index (χ0) is 13.8. The molecule has 1 aromatic carbocycles. The van der Waals surface area contributed by atoms with Crippen molar-refractivity contribution in [3.63, 3.8) is 0 Å². The summed E-state index contributed by atoms with van der Waals surface area (Å²) in [6.07, 6.45) is 2.88. The molecule has 1 N–H and O–H groups in total. The van der Waals surface area contributed by atoms with E-state index in [9.17, 15) is 0 Å². The van der Waals surface area contributed by atoms with Crippen LogP contribution in [0.4, 0.5) is 0 Å². The monoisotopic (exact) mass is 341 g/mol. The number of hydrogen-bond donors (Lipinski definition) is 1. The molecule has 0 saturated heterocycles. The van der Waals surface area contributed by atoms with Crippen LogP contribution in [0.3, 0.4) is 0 Å². The molecule has 0 spiro atoms. The second-order valence-electron chi connectivity index (χ2n) is 4.43. The van der Waals surface area contributed by atoms with Crippen LogP contribution in [0, 0.1) is 0 Å². The summed E-state index contributed by atoms with van der Waals surface area (Å²) in [7, 11) is 1.95. The summed E-state index contributed by atoms with van der Waals surface area (Å²) in [4.78, 5) is 0. The maximum Gasteiger partial charge on any atom is 0.0762 e. The van der Waals surface area contributed by atoms with Gasteiger partial charge in [-0.2, -0.15) is 5.10 Å². The number of nitrogens with one attached hydrogen (secondary N) is 1. The van der Waals surface area contributed by atoms with Crippen LogP contribution in [0.25, 0.3) is 0 Å². The van der Waals surface area contributed by atoms with Crippen molar-refractivity contribution in [2.45, 2.75) is 19.4 Å². The fourth-order valence-corrected chi connectivity index (χ4v) is 2.85. The molecular weight excluding hydrogens is 326 g/mol. The predicted molar refractivity (Wildman–Crippen MR) is 82.5 cm³/mol. The molecule has 2 rings (SSSR count). The molecule has 19 heavy (non-hydrogen) atoms. The van der Waals surface area contributed by atoms with Crippen molar-refractivity contribution in [2.75, 3.05) is 6.54 Å². The maximum atomic E-state index is 6.37. The Morgan fingerprint density at radius 2 is 2.21 bits per heavy atom. The topological polar surface area (TPSA) is 29.9 Å². The van der Waals surface area contributed by atoms with Crippen LogP contribution in [0.2, 0.25) is 5.02 Å². The Balaban J connectivity index is 2.40. The number of benzene rings is 1. The van der Waals surface area contributed by atoms with Gasteiger partial charge >= 0.3 is 0 Å². The van der Waals surface area contributed by atoms with Gasteiger partial charge in [0.15, 0.2) is 0 Å². The fourth-order valence-electron chi connectivity index (χ4n) is 2.07. The minimum Gasteiger partial charge on any atom is -0.305 e. The summed E-state index contributed by atoms with van der Waals surface area (Å²) < 4.78 is 2.87. The van der Waals surface area contributed by atoms with E-state index >= 15 is 0 Å². The van der Waals surface area contributed by atoms with Crippen LogP contribution in [0.5, 0.6) is 0 Å². The first-order valence-electron chi connectivity index (χ1n) is 6.29. The van der Waals surface area contributed by atoms with Crippen LogP contribution in [0.15, 0.2) is 34.9 Å². The van der Waals surface area contributed by atoms with Crippen LogP contribution in [-0.4, -0.2) is 16.3 Å². The van der Waals surface area contributed by atoms with E-state index in [4.69, 9.17) is 11.6 Å². The molecule has 0 saturated carbocycles. The predicted octanol–water partition coefficient (Wildman–Crippen LogP) is 3.93. The first-order valence-corrected chi connectivity index (χ1v) is 7.46. The van der Waals surface area contributed by atoms with E-state index in [0.29, 0.717) is 0 Å². The molecule has 0 radical (unpaired) electrons. The third-order valence-corrected chi connectivity index (χ3v) is 3.85. The average molecular weight is 343 g/mol. The smallest absolute Gasteiger partial charge is 0.0762 e. The molecule has 1 heterocycles. The van der Waals surface area contributed by atoms with Gasteiger partial charge in [0.25, 0.3) is 0 Å². The highest BCUT2D eigenvalue weighted by Gasteiger charge is 2.19. The first-order chi connectivity index (χ1) is 9.13. The van der Waals surface area contributed by atoms with Crippen molar-refractivity contribution in [1.82, 2.24) is 15.1 Å². The van der Waals surface area contributed by atoms with E-state index in [1.54, 1.807) is 0 Å². The molecule has 0 bridgehead atoms. The van der Waals surface area contributed by atoms with Gasteiger partial charge < -0.3 is 5.32 Å². The summed E-state index contributed by atoms with van der Waals surface area (Å²) in [6.45, 7) is 3.08. The zero-order valence-electron chi connectivity index (χ0n) is 11.0. The van der Waals surface area contributed by atoms with E-state index in [2.05, 4.69) is 33.3 Å². The molecule has 5 heteroatoms. The van der Waals surface area contributed by atoms with Crippen LogP contribution in [-0.2, 0) is 7.05 Å². The van der Waals surface area contributed by atoms with E-state index in [1.165, 1.54) is 0 Å². The number of nitrogens with zero attached hydrogens (tertiary/aromatic N) is 2. The second kappa shape index (κ2) is 6.55. The minimum atomic E-state index is 0.0630. The summed E-state index contributed by atoms with van der Waals surface area (Å²) >= 11 is 9.81. The van der Waals surface area contributed by atoms with Gasteiger partial charge in [0.2, 0.25) is 0 Å². The Morgan fingerprint density at radius 3 is 2.79 bits per heavy atom. The molecule has 1 atom stereocenters. The molecule has 0 aliphatic carbocycles. The Morgan fingerprint density at radius 1 is 1.42 bits per heavy atom. The summed E-state index contributed by atoms with van der Waals surface area (Å²) in [5.41, 5.74) is 2.18. The summed E-state index contributed by atoms with van der Waals surface area (Å²) in [5.74, 6) is 0. The number of aromatic nitrogens is 2. The van der Waals surface area contributed by atoms with Gasteiger partial charge in [-0.15, -0.1) is 0 Å². The molecule has 3 nitrogen and oxygen atoms in total. The van der Waals surface area contributed by atoms with E-state index < -0.39 is 0 Å². The Kier molecular flexibility index (Phi) is 5.02. The van der Waals surface area contributed by atoms with Crippen molar-refractivity contribution in [3.8, 4) is 0 Å². The lowest BCUT2D eigenvalue weighted by Crippen LogP contribution is -2.25. The Labute approximate surface area is 127 Å². The van der Waals surface area contributed by atoms with Gasteiger partial charge in [0.05, 0.1) is 11.7 Å². The lowest BCUT2D eigenvalue weighted by atomic mass is 10.0. The summed E-state index contributed by atoms with van der Waals surface area (Å²) in [6, 6.07) is 8.07. The lowest BCUT2D eigenvalue weighted by Gasteiger charge is -2.20. The highest BCUT2D eigenvalue weighted by molar-refractivity contribution is 9.10. The van der Waals surface area contributed by atoms with Crippen LogP contribution in [0.1, 0.15) is 30.6 Å². The SMILES string of the molecule is CCCNC(c1ccc(Br)cc1Cl)c1ccnn1C. The van der Waals surface area contributed by atoms with Gasteiger partial charge in [-0.3, -0.25) is 4.68 Å². The quantitative estimate of drug-likeness (QED) is 0.892. The van der Waals surface area contributed by atoms with Gasteiger partial charge in [0.1, 0.15) is 0 Å². The minimum absolute atomic E-state index is 0.0630. The number of halogens is 2. The van der Waals surface area contributed by atoms with Crippen LogP contribution < -0.4 is 5.32 Å². The van der Waals surface area contributed by atoms with E-state index in [1.807, 2.05) is 42.2 Å². The van der Waals surface area contributed by atoms with Crippen molar-refractivity contribution < 1.29 is 0 Å². The first kappa shape index (κ1) is 14.6. The fraction of sp³-hybridized carbons (Fsp3) is 0.357. The molecule has 1 aromatic heterocycles.